The summed E-state index contributed by atoms with van der Waals surface area (Å²) in [5.41, 5.74) is -0.0490. The number of nitrogens with zero attached hydrogens (tertiary/aromatic N) is 2. The number of hydrogen-bond donors (Lipinski definition) is 2. The maximum absolute atomic E-state index is 12.4. The Hall–Kier alpha value is -2.05. The van der Waals surface area contributed by atoms with Crippen LogP contribution >= 0.6 is 0 Å². The molecule has 0 aromatic carbocycles. The first kappa shape index (κ1) is 15.3. The van der Waals surface area contributed by atoms with Gasteiger partial charge in [0.1, 0.15) is 11.6 Å². The molecule has 2 N–H and O–H groups in total. The van der Waals surface area contributed by atoms with Crippen LogP contribution in [0, 0.1) is 11.8 Å². The van der Waals surface area contributed by atoms with Gasteiger partial charge in [-0.25, -0.2) is 0 Å². The van der Waals surface area contributed by atoms with E-state index in [4.69, 9.17) is 5.11 Å². The van der Waals surface area contributed by atoms with E-state index in [2.05, 4.69) is 0 Å². The normalized spacial score (nSPS) is 24.2. The van der Waals surface area contributed by atoms with Gasteiger partial charge in [-0.3, -0.25) is 14.4 Å². The molecule has 0 aromatic rings. The zero-order valence-electron chi connectivity index (χ0n) is 12.2. The number of aliphatic hydroxyl groups excluding tert-OH is 1. The number of aliphatic hydroxyl groups is 1. The molecule has 2 rings (SSSR count). The molecule has 2 atom stereocenters. The number of fused-ring (bicyclic) bond motifs is 1. The highest BCUT2D eigenvalue weighted by molar-refractivity contribution is 6.12. The lowest BCUT2D eigenvalue weighted by atomic mass is 9.94. The highest BCUT2D eigenvalue weighted by Gasteiger charge is 2.44. The van der Waals surface area contributed by atoms with Crippen molar-refractivity contribution < 1.29 is 24.6 Å². The van der Waals surface area contributed by atoms with E-state index >= 15 is 0 Å². The molecule has 116 valence electrons. The molecule has 1 amide bonds. The molecule has 2 aliphatic rings. The van der Waals surface area contributed by atoms with Crippen LogP contribution in [0.4, 0.5) is 0 Å². The second-order valence-corrected chi connectivity index (χ2v) is 5.66. The van der Waals surface area contributed by atoms with Crippen LogP contribution in [0.25, 0.3) is 0 Å². The fourth-order valence-corrected chi connectivity index (χ4v) is 2.63. The van der Waals surface area contributed by atoms with E-state index in [9.17, 15) is 19.5 Å². The molecule has 21 heavy (non-hydrogen) atoms. The van der Waals surface area contributed by atoms with Gasteiger partial charge in [-0.2, -0.15) is 0 Å². The molecule has 7 heteroatoms. The van der Waals surface area contributed by atoms with Crippen LogP contribution in [0.3, 0.4) is 0 Å². The Labute approximate surface area is 122 Å². The first-order chi connectivity index (χ1) is 9.86. The van der Waals surface area contributed by atoms with Crippen LogP contribution in [-0.2, 0) is 14.4 Å². The average Bonchev–Trinajstić information content (AvgIpc) is 2.44. The standard InChI is InChI=1S/C14H20N2O5/c1-3-8(2)6-16-5-4-15-7-9(14(20)21)11(17)12(18)10(15)13(16)19/h8-9,18H,3-7H2,1-2H3,(H,20,21). The summed E-state index contributed by atoms with van der Waals surface area (Å²) in [6.45, 7) is 5.47. The molecule has 2 unspecified atom stereocenters. The quantitative estimate of drug-likeness (QED) is 0.721. The number of carbonyl (C=O) groups is 3. The fourth-order valence-electron chi connectivity index (χ4n) is 2.63. The minimum absolute atomic E-state index is 0.0490. The lowest BCUT2D eigenvalue weighted by molar-refractivity contribution is -0.149. The minimum Gasteiger partial charge on any atom is -0.503 e. The zero-order chi connectivity index (χ0) is 15.7. The largest absolute Gasteiger partial charge is 0.503 e. The van der Waals surface area contributed by atoms with E-state index < -0.39 is 29.3 Å². The molecule has 0 saturated carbocycles. The molecule has 0 aliphatic carbocycles. The molecule has 2 aliphatic heterocycles. The first-order valence-electron chi connectivity index (χ1n) is 7.11. The van der Waals surface area contributed by atoms with Crippen molar-refractivity contribution in [2.75, 3.05) is 26.2 Å². The number of hydrogen-bond acceptors (Lipinski definition) is 5. The van der Waals surface area contributed by atoms with Gasteiger partial charge in [0, 0.05) is 26.2 Å². The van der Waals surface area contributed by atoms with Gasteiger partial charge in [-0.05, 0) is 5.92 Å². The zero-order valence-corrected chi connectivity index (χ0v) is 12.2. The summed E-state index contributed by atoms with van der Waals surface area (Å²) >= 11 is 0. The smallest absolute Gasteiger partial charge is 0.316 e. The maximum atomic E-state index is 12.4. The Morgan fingerprint density at radius 1 is 1.38 bits per heavy atom. The number of Topliss-reactive ketones (excluding diaryl/α,β-unsaturated/α-hetero) is 1. The van der Waals surface area contributed by atoms with Gasteiger partial charge >= 0.3 is 5.97 Å². The molecule has 1 fully saturated rings. The van der Waals surface area contributed by atoms with Crippen LogP contribution in [-0.4, -0.2) is 63.9 Å². The topological polar surface area (TPSA) is 98.2 Å². The summed E-state index contributed by atoms with van der Waals surface area (Å²) in [6, 6.07) is 0. The van der Waals surface area contributed by atoms with Gasteiger partial charge < -0.3 is 20.0 Å². The molecule has 0 radical (unpaired) electrons. The van der Waals surface area contributed by atoms with E-state index in [0.717, 1.165) is 6.42 Å². The summed E-state index contributed by atoms with van der Waals surface area (Å²) in [5.74, 6) is -4.24. The van der Waals surface area contributed by atoms with Gasteiger partial charge in [0.15, 0.2) is 5.76 Å². The Kier molecular flexibility index (Phi) is 4.20. The molecule has 0 aromatic heterocycles. The first-order valence-corrected chi connectivity index (χ1v) is 7.11. The lowest BCUT2D eigenvalue weighted by Crippen LogP contribution is -2.55. The Morgan fingerprint density at radius 2 is 2.05 bits per heavy atom. The van der Waals surface area contributed by atoms with Crippen molar-refractivity contribution in [3.05, 3.63) is 11.5 Å². The van der Waals surface area contributed by atoms with Crippen molar-refractivity contribution in [2.24, 2.45) is 11.8 Å². The molecular formula is C14H20N2O5. The number of ketones is 1. The van der Waals surface area contributed by atoms with Crippen molar-refractivity contribution in [2.45, 2.75) is 20.3 Å². The van der Waals surface area contributed by atoms with Crippen molar-refractivity contribution in [1.29, 1.82) is 0 Å². The predicted octanol–water partition coefficient (Wildman–Crippen LogP) is 0.230. The second-order valence-electron chi connectivity index (χ2n) is 5.66. The van der Waals surface area contributed by atoms with Gasteiger partial charge in [0.25, 0.3) is 5.91 Å². The summed E-state index contributed by atoms with van der Waals surface area (Å²) in [5, 5.41) is 19.0. The number of rotatable bonds is 4. The monoisotopic (exact) mass is 296 g/mol. The SMILES string of the molecule is CCC(C)CN1CCN2CC(C(=O)O)C(=O)C(O)=C2C1=O. The Balaban J connectivity index is 2.27. The summed E-state index contributed by atoms with van der Waals surface area (Å²) in [6.07, 6.45) is 0.929. The third kappa shape index (κ3) is 2.72. The van der Waals surface area contributed by atoms with Crippen molar-refractivity contribution in [3.8, 4) is 0 Å². The number of carboxylic acids is 1. The Bertz CT molecular complexity index is 513. The minimum atomic E-state index is -1.30. The molecule has 0 bridgehead atoms. The average molecular weight is 296 g/mol. The van der Waals surface area contributed by atoms with Crippen molar-refractivity contribution in [1.82, 2.24) is 9.80 Å². The number of aliphatic carboxylic acids is 1. The van der Waals surface area contributed by atoms with Crippen molar-refractivity contribution in [3.63, 3.8) is 0 Å². The van der Waals surface area contributed by atoms with Crippen LogP contribution in [0.5, 0.6) is 0 Å². The molecule has 1 saturated heterocycles. The number of allylic oxidation sites excluding steroid dienone is 1. The van der Waals surface area contributed by atoms with E-state index in [-0.39, 0.29) is 12.2 Å². The number of carboxylic acid groups (broad SMARTS) is 1. The Morgan fingerprint density at radius 3 is 2.62 bits per heavy atom. The summed E-state index contributed by atoms with van der Waals surface area (Å²) in [7, 11) is 0. The van der Waals surface area contributed by atoms with Crippen LogP contribution < -0.4 is 0 Å². The maximum Gasteiger partial charge on any atom is 0.316 e. The number of piperazine rings is 1. The molecule has 7 nitrogen and oxygen atoms in total. The van der Waals surface area contributed by atoms with E-state index in [0.29, 0.717) is 25.6 Å². The fraction of sp³-hybridized carbons (Fsp3) is 0.643. The highest BCUT2D eigenvalue weighted by atomic mass is 16.4. The van der Waals surface area contributed by atoms with Gasteiger partial charge in [0.05, 0.1) is 0 Å². The van der Waals surface area contributed by atoms with E-state index in [1.54, 1.807) is 4.90 Å². The third-order valence-corrected chi connectivity index (χ3v) is 4.15. The predicted molar refractivity (Wildman–Crippen MR) is 73.4 cm³/mol. The summed E-state index contributed by atoms with van der Waals surface area (Å²) in [4.78, 5) is 38.4. The van der Waals surface area contributed by atoms with Crippen LogP contribution in [0.15, 0.2) is 11.5 Å². The highest BCUT2D eigenvalue weighted by Crippen LogP contribution is 2.27. The van der Waals surface area contributed by atoms with E-state index in [1.165, 1.54) is 4.90 Å². The van der Waals surface area contributed by atoms with Gasteiger partial charge in [0.2, 0.25) is 5.78 Å². The van der Waals surface area contributed by atoms with E-state index in [1.807, 2.05) is 13.8 Å². The van der Waals surface area contributed by atoms with Crippen LogP contribution in [0.2, 0.25) is 0 Å². The molecule has 2 heterocycles. The third-order valence-electron chi connectivity index (χ3n) is 4.15. The number of carbonyl (C=O) groups excluding carboxylic acids is 2. The lowest BCUT2D eigenvalue weighted by Gasteiger charge is -2.41. The van der Waals surface area contributed by atoms with Gasteiger partial charge in [-0.1, -0.05) is 20.3 Å². The second kappa shape index (κ2) is 5.75. The molecular weight excluding hydrogens is 276 g/mol. The van der Waals surface area contributed by atoms with Gasteiger partial charge in [-0.15, -0.1) is 0 Å². The molecule has 0 spiro atoms. The van der Waals surface area contributed by atoms with Crippen molar-refractivity contribution >= 4 is 17.7 Å². The summed E-state index contributed by atoms with van der Waals surface area (Å²) < 4.78 is 0. The van der Waals surface area contributed by atoms with Crippen LogP contribution in [0.1, 0.15) is 20.3 Å². The number of amides is 1.